The first kappa shape index (κ1) is 8.64. The van der Waals surface area contributed by atoms with Crippen LogP contribution in [0.2, 0.25) is 0 Å². The summed E-state index contributed by atoms with van der Waals surface area (Å²) >= 11 is 1.31. The molecule has 0 radical (unpaired) electrons. The molecule has 0 aliphatic rings. The van der Waals surface area contributed by atoms with Gasteiger partial charge >= 0.3 is 6.75 Å². The van der Waals surface area contributed by atoms with E-state index in [-0.39, 0.29) is 5.59 Å². The molecule has 4 nitrogen and oxygen atoms in total. The van der Waals surface area contributed by atoms with E-state index in [1.165, 1.54) is 17.5 Å². The molecule has 68 valence electrons. The van der Waals surface area contributed by atoms with Crippen LogP contribution in [-0.2, 0) is 0 Å². The summed E-state index contributed by atoms with van der Waals surface area (Å²) in [6, 6.07) is 3.57. The highest BCUT2D eigenvalue weighted by molar-refractivity contribution is 7.18. The van der Waals surface area contributed by atoms with E-state index >= 15 is 0 Å². The van der Waals surface area contributed by atoms with Crippen LogP contribution >= 0.6 is 11.3 Å². The molecule has 0 amide bonds. The van der Waals surface area contributed by atoms with Crippen LogP contribution in [0.25, 0.3) is 10.1 Å². The maximum atomic E-state index is 9.02. The van der Waals surface area contributed by atoms with Crippen LogP contribution in [-0.4, -0.2) is 26.8 Å². The summed E-state index contributed by atoms with van der Waals surface area (Å²) in [7, 11) is 0. The van der Waals surface area contributed by atoms with Crippen molar-refractivity contribution in [2.45, 2.75) is 0 Å². The molecule has 0 aliphatic carbocycles. The lowest BCUT2D eigenvalue weighted by atomic mass is 9.75. The SMILES string of the molecule is O[B-](O)(O)c1nccc2ccsc12. The molecule has 0 atom stereocenters. The summed E-state index contributed by atoms with van der Waals surface area (Å²) in [6.07, 6.45) is 1.43. The van der Waals surface area contributed by atoms with Gasteiger partial charge in [-0.1, -0.05) is 0 Å². The van der Waals surface area contributed by atoms with Crippen molar-refractivity contribution in [1.82, 2.24) is 4.98 Å². The van der Waals surface area contributed by atoms with Gasteiger partial charge in [-0.2, -0.15) is 0 Å². The molecular weight excluding hydrogens is 189 g/mol. The molecule has 2 heterocycles. The molecule has 0 saturated carbocycles. The van der Waals surface area contributed by atoms with Gasteiger partial charge in [0.05, 0.1) is 0 Å². The third-order valence-electron chi connectivity index (χ3n) is 1.76. The van der Waals surface area contributed by atoms with E-state index in [2.05, 4.69) is 4.98 Å². The van der Waals surface area contributed by atoms with Crippen LogP contribution in [0.1, 0.15) is 0 Å². The van der Waals surface area contributed by atoms with E-state index in [4.69, 9.17) is 15.1 Å². The second-order valence-corrected chi connectivity index (χ2v) is 3.68. The summed E-state index contributed by atoms with van der Waals surface area (Å²) in [4.78, 5) is 3.74. The first-order chi connectivity index (χ1) is 6.09. The summed E-state index contributed by atoms with van der Waals surface area (Å²) in [5.74, 6) is 0. The number of thiophene rings is 1. The van der Waals surface area contributed by atoms with Crippen LogP contribution in [0.15, 0.2) is 23.7 Å². The number of rotatable bonds is 1. The Labute approximate surface area is 78.1 Å². The van der Waals surface area contributed by atoms with E-state index in [1.807, 2.05) is 6.07 Å². The molecule has 0 bridgehead atoms. The van der Waals surface area contributed by atoms with Gasteiger partial charge < -0.3 is 15.1 Å². The van der Waals surface area contributed by atoms with Crippen LogP contribution in [0.3, 0.4) is 0 Å². The van der Waals surface area contributed by atoms with Gasteiger partial charge in [0, 0.05) is 10.9 Å². The third kappa shape index (κ3) is 1.44. The number of nitrogens with zero attached hydrogens (tertiary/aromatic N) is 1. The Bertz CT molecular complexity index is 436. The Morgan fingerprint density at radius 3 is 2.69 bits per heavy atom. The zero-order valence-corrected chi connectivity index (χ0v) is 7.40. The third-order valence-corrected chi connectivity index (χ3v) is 2.72. The summed E-state index contributed by atoms with van der Waals surface area (Å²) in [5, 5.41) is 29.7. The maximum absolute atomic E-state index is 9.02. The Hall–Kier alpha value is -0.945. The minimum absolute atomic E-state index is 0.0625. The van der Waals surface area contributed by atoms with Gasteiger partial charge in [-0.3, -0.25) is 4.98 Å². The number of hydrogen-bond donors (Lipinski definition) is 3. The lowest BCUT2D eigenvalue weighted by molar-refractivity contribution is 0.249. The molecule has 13 heavy (non-hydrogen) atoms. The van der Waals surface area contributed by atoms with Crippen molar-refractivity contribution in [2.75, 3.05) is 0 Å². The van der Waals surface area contributed by atoms with Crippen molar-refractivity contribution in [3.05, 3.63) is 23.7 Å². The molecule has 3 N–H and O–H groups in total. The Balaban J connectivity index is 2.75. The molecular formula is C7H7BNO3S-. The normalized spacial score (nSPS) is 12.2. The molecule has 0 spiro atoms. The Morgan fingerprint density at radius 2 is 2.00 bits per heavy atom. The zero-order valence-electron chi connectivity index (χ0n) is 6.58. The smallest absolute Gasteiger partial charge is 0.421 e. The first-order valence-corrected chi connectivity index (χ1v) is 4.61. The molecule has 0 unspecified atom stereocenters. The predicted molar refractivity (Wildman–Crippen MR) is 51.7 cm³/mol. The van der Waals surface area contributed by atoms with Crippen molar-refractivity contribution in [3.8, 4) is 0 Å². The molecule has 2 rings (SSSR count). The van der Waals surface area contributed by atoms with E-state index < -0.39 is 6.75 Å². The van der Waals surface area contributed by atoms with Gasteiger partial charge in [-0.15, -0.1) is 11.3 Å². The lowest BCUT2D eigenvalue weighted by Crippen LogP contribution is -2.50. The number of hydrogen-bond acceptors (Lipinski definition) is 5. The minimum atomic E-state index is -3.49. The quantitative estimate of drug-likeness (QED) is 0.533. The Kier molecular flexibility index (Phi) is 1.85. The van der Waals surface area contributed by atoms with Gasteiger partial charge in [-0.25, -0.2) is 0 Å². The van der Waals surface area contributed by atoms with E-state index in [0.717, 1.165) is 5.39 Å². The second kappa shape index (κ2) is 2.78. The number of pyridine rings is 1. The van der Waals surface area contributed by atoms with Gasteiger partial charge in [0.2, 0.25) is 0 Å². The van der Waals surface area contributed by atoms with Crippen molar-refractivity contribution in [3.63, 3.8) is 0 Å². The summed E-state index contributed by atoms with van der Waals surface area (Å²) in [5.41, 5.74) is -0.0625. The average molecular weight is 196 g/mol. The van der Waals surface area contributed by atoms with E-state index in [9.17, 15) is 0 Å². The van der Waals surface area contributed by atoms with Crippen LogP contribution in [0, 0.1) is 0 Å². The molecule has 0 fully saturated rings. The second-order valence-electron chi connectivity index (χ2n) is 2.77. The Morgan fingerprint density at radius 1 is 1.23 bits per heavy atom. The first-order valence-electron chi connectivity index (χ1n) is 3.73. The van der Waals surface area contributed by atoms with Gasteiger partial charge in [0.15, 0.2) is 0 Å². The lowest BCUT2D eigenvalue weighted by Gasteiger charge is -2.20. The largest absolute Gasteiger partial charge is 0.555 e. The highest BCUT2D eigenvalue weighted by Gasteiger charge is 2.22. The molecule has 0 aromatic carbocycles. The molecule has 6 heteroatoms. The minimum Gasteiger partial charge on any atom is -0.555 e. The number of aromatic nitrogens is 1. The monoisotopic (exact) mass is 196 g/mol. The van der Waals surface area contributed by atoms with Crippen molar-refractivity contribution in [1.29, 1.82) is 0 Å². The highest BCUT2D eigenvalue weighted by Crippen LogP contribution is 2.18. The molecule has 0 aliphatic heterocycles. The highest BCUT2D eigenvalue weighted by atomic mass is 32.1. The number of fused-ring (bicyclic) bond motifs is 1. The van der Waals surface area contributed by atoms with E-state index in [0.29, 0.717) is 4.70 Å². The summed E-state index contributed by atoms with van der Waals surface area (Å²) in [6.45, 7) is -3.49. The van der Waals surface area contributed by atoms with Crippen LogP contribution in [0.4, 0.5) is 0 Å². The fourth-order valence-corrected chi connectivity index (χ4v) is 2.15. The summed E-state index contributed by atoms with van der Waals surface area (Å²) < 4.78 is 0.606. The van der Waals surface area contributed by atoms with Crippen molar-refractivity contribution in [2.24, 2.45) is 0 Å². The zero-order chi connectivity index (χ0) is 9.47. The average Bonchev–Trinajstić information content (AvgIpc) is 2.48. The topological polar surface area (TPSA) is 73.6 Å². The van der Waals surface area contributed by atoms with E-state index in [1.54, 1.807) is 11.4 Å². The maximum Gasteiger partial charge on any atom is 0.421 e. The predicted octanol–water partition coefficient (Wildman–Crippen LogP) is -0.581. The van der Waals surface area contributed by atoms with Crippen molar-refractivity contribution >= 4 is 33.8 Å². The van der Waals surface area contributed by atoms with Gasteiger partial charge in [-0.05, 0) is 28.5 Å². The standard InChI is InChI=1S/C7H7BNO3S/c10-8(11,12)7-6-5(1-3-9-7)2-4-13-6/h1-4,10-12H/q-1. The van der Waals surface area contributed by atoms with Gasteiger partial charge in [0.1, 0.15) is 0 Å². The van der Waals surface area contributed by atoms with Crippen LogP contribution < -0.4 is 5.59 Å². The molecule has 2 aromatic rings. The van der Waals surface area contributed by atoms with Crippen molar-refractivity contribution < 1.29 is 15.1 Å². The van der Waals surface area contributed by atoms with Crippen LogP contribution in [0.5, 0.6) is 0 Å². The van der Waals surface area contributed by atoms with Gasteiger partial charge in [0.25, 0.3) is 0 Å². The fraction of sp³-hybridized carbons (Fsp3) is 0. The molecule has 0 saturated heterocycles. The fourth-order valence-electron chi connectivity index (χ4n) is 1.19. The molecule has 2 aromatic heterocycles.